The number of carbonyl (C=O) groups is 3. The molecule has 0 saturated heterocycles. The van der Waals surface area contributed by atoms with Crippen LogP contribution >= 0.6 is 23.5 Å². The summed E-state index contributed by atoms with van der Waals surface area (Å²) in [4.78, 5) is 41.1. The summed E-state index contributed by atoms with van der Waals surface area (Å²) in [6, 6.07) is 16.0. The van der Waals surface area contributed by atoms with Gasteiger partial charge in [0.1, 0.15) is 28.5 Å². The summed E-state index contributed by atoms with van der Waals surface area (Å²) in [6.07, 6.45) is 8.40. The molecule has 0 radical (unpaired) electrons. The van der Waals surface area contributed by atoms with Gasteiger partial charge in [-0.05, 0) is 61.2 Å². The summed E-state index contributed by atoms with van der Waals surface area (Å²) < 4.78 is 37.7. The highest BCUT2D eigenvalue weighted by atomic mass is 32.2. The molecule has 0 aromatic heterocycles. The third kappa shape index (κ3) is 10.4. The lowest BCUT2D eigenvalue weighted by Crippen LogP contribution is -2.53. The highest BCUT2D eigenvalue weighted by Crippen LogP contribution is 2.44. The Morgan fingerprint density at radius 2 is 1.63 bits per heavy atom. The molecule has 0 aliphatic carbocycles. The number of anilines is 2. The maximum absolute atomic E-state index is 14.3. The number of hydrogen-bond donors (Lipinski definition) is 5. The summed E-state index contributed by atoms with van der Waals surface area (Å²) in [5.74, 6) is -2.48. The predicted octanol–water partition coefficient (Wildman–Crippen LogP) is 5.83. The molecular formula is C37H48N4O8S3. The number of para-hydroxylation sites is 1. The van der Waals surface area contributed by atoms with Crippen molar-refractivity contribution < 1.29 is 37.8 Å². The fourth-order valence-electron chi connectivity index (χ4n) is 6.15. The molecule has 282 valence electrons. The van der Waals surface area contributed by atoms with Gasteiger partial charge in [-0.2, -0.15) is 11.8 Å². The van der Waals surface area contributed by atoms with Crippen molar-refractivity contribution in [3.05, 3.63) is 72.3 Å². The highest BCUT2D eigenvalue weighted by molar-refractivity contribution is 7.98. The van der Waals surface area contributed by atoms with Gasteiger partial charge in [0.25, 0.3) is 5.91 Å². The van der Waals surface area contributed by atoms with Crippen LogP contribution in [0.15, 0.2) is 76.5 Å². The van der Waals surface area contributed by atoms with Crippen LogP contribution in [0.1, 0.15) is 64.0 Å². The zero-order valence-corrected chi connectivity index (χ0v) is 32.3. The van der Waals surface area contributed by atoms with Crippen LogP contribution in [0.3, 0.4) is 0 Å². The number of ether oxygens (including phenoxy) is 1. The van der Waals surface area contributed by atoms with Gasteiger partial charge >= 0.3 is 5.97 Å². The number of nitrogens with zero attached hydrogens (tertiary/aromatic N) is 1. The van der Waals surface area contributed by atoms with E-state index in [0.29, 0.717) is 35.5 Å². The van der Waals surface area contributed by atoms with Gasteiger partial charge in [0.05, 0.1) is 16.1 Å². The molecule has 2 atom stereocenters. The van der Waals surface area contributed by atoms with Crippen molar-refractivity contribution in [2.45, 2.75) is 79.8 Å². The number of aromatic hydroxyl groups is 1. The first-order chi connectivity index (χ1) is 24.9. The second-order valence-corrected chi connectivity index (χ2v) is 16.1. The van der Waals surface area contributed by atoms with Crippen LogP contribution in [0, 0.1) is 0 Å². The van der Waals surface area contributed by atoms with Gasteiger partial charge in [0.15, 0.2) is 6.61 Å². The molecule has 3 aromatic rings. The lowest BCUT2D eigenvalue weighted by Gasteiger charge is -2.37. The standard InChI is InChI=1S/C37H48N4O8S3/c1-5-7-18-37(19-8-6-2)24-41(26-12-10-9-11-13-26)29-20-31(51-4)30(21-32(29)52(47,48)40-37)49-22-33(43)39-34(25-14-16-27(42)17-15-25)35(44)38-28(23-50-3)36(45)46/h9-17,20-21,28,34,40,42H,5-8,18-19,22-24H2,1-4H3,(H,38,44)(H,39,43)(H,45,46). The minimum absolute atomic E-state index is 0.0225. The number of carboxylic acid groups (broad SMARTS) is 1. The Morgan fingerprint density at radius 3 is 2.21 bits per heavy atom. The van der Waals surface area contributed by atoms with Crippen molar-refractivity contribution in [3.8, 4) is 11.5 Å². The Morgan fingerprint density at radius 1 is 0.981 bits per heavy atom. The summed E-state index contributed by atoms with van der Waals surface area (Å²) in [5, 5.41) is 24.5. The van der Waals surface area contributed by atoms with Crippen LogP contribution in [0.2, 0.25) is 0 Å². The third-order valence-electron chi connectivity index (χ3n) is 8.82. The van der Waals surface area contributed by atoms with Crippen molar-refractivity contribution in [1.82, 2.24) is 15.4 Å². The molecule has 4 rings (SSSR count). The van der Waals surface area contributed by atoms with Crippen LogP contribution < -0.4 is 25.0 Å². The Labute approximate surface area is 314 Å². The molecule has 0 fully saturated rings. The second-order valence-electron chi connectivity index (χ2n) is 12.7. The minimum atomic E-state index is -4.07. The van der Waals surface area contributed by atoms with E-state index in [2.05, 4.69) is 34.1 Å². The Hall–Kier alpha value is -3.92. The number of carboxylic acids is 1. The van der Waals surface area contributed by atoms with E-state index in [1.807, 2.05) is 36.6 Å². The molecule has 0 bridgehead atoms. The number of phenolic OH excluding ortho intramolecular Hbond substituents is 1. The Bertz CT molecular complexity index is 1780. The van der Waals surface area contributed by atoms with E-state index in [9.17, 15) is 33.0 Å². The number of thioether (sulfide) groups is 2. The molecule has 3 aromatic carbocycles. The molecular weight excluding hydrogens is 725 g/mol. The van der Waals surface area contributed by atoms with Gasteiger partial charge in [-0.25, -0.2) is 17.9 Å². The van der Waals surface area contributed by atoms with E-state index in [0.717, 1.165) is 31.4 Å². The Kier molecular flexibility index (Phi) is 14.7. The maximum atomic E-state index is 14.3. The zero-order valence-electron chi connectivity index (χ0n) is 29.9. The largest absolute Gasteiger partial charge is 0.508 e. The average Bonchev–Trinajstić information content (AvgIpc) is 3.22. The van der Waals surface area contributed by atoms with E-state index in [4.69, 9.17) is 4.74 Å². The van der Waals surface area contributed by atoms with Crippen LogP contribution in [0.4, 0.5) is 11.4 Å². The van der Waals surface area contributed by atoms with Crippen molar-refractivity contribution in [1.29, 1.82) is 0 Å². The number of rotatable bonds is 18. The number of hydrogen-bond acceptors (Lipinski definition) is 10. The first-order valence-electron chi connectivity index (χ1n) is 17.2. The van der Waals surface area contributed by atoms with Gasteiger partial charge < -0.3 is 30.5 Å². The van der Waals surface area contributed by atoms with Gasteiger partial charge in [0, 0.05) is 24.1 Å². The summed E-state index contributed by atoms with van der Waals surface area (Å²) in [5.41, 5.74) is 0.928. The average molecular weight is 773 g/mol. The SMILES string of the molecule is CCCCC1(CCCC)CN(c2ccccc2)c2cc(SC)c(OCC(=O)NC(C(=O)NC(CSC)C(=O)O)c3ccc(O)cc3)cc2S(=O)(=O)N1. The molecule has 1 heterocycles. The molecule has 0 saturated carbocycles. The molecule has 2 amide bonds. The molecule has 2 unspecified atom stereocenters. The molecule has 12 nitrogen and oxygen atoms in total. The number of fused-ring (bicyclic) bond motifs is 1. The summed E-state index contributed by atoms with van der Waals surface area (Å²) >= 11 is 2.58. The van der Waals surface area contributed by atoms with Gasteiger partial charge in [-0.3, -0.25) is 9.59 Å². The number of carbonyl (C=O) groups excluding carboxylic acids is 2. The molecule has 5 N–H and O–H groups in total. The van der Waals surface area contributed by atoms with Crippen molar-refractivity contribution in [3.63, 3.8) is 0 Å². The van der Waals surface area contributed by atoms with Crippen LogP contribution in [0.5, 0.6) is 11.5 Å². The fraction of sp³-hybridized carbons (Fsp3) is 0.432. The predicted molar refractivity (Wildman–Crippen MR) is 206 cm³/mol. The van der Waals surface area contributed by atoms with E-state index >= 15 is 0 Å². The number of amides is 2. The lowest BCUT2D eigenvalue weighted by atomic mass is 9.87. The molecule has 1 aliphatic heterocycles. The van der Waals surface area contributed by atoms with Crippen molar-refractivity contribution >= 4 is 62.7 Å². The van der Waals surface area contributed by atoms with Gasteiger partial charge in [-0.15, -0.1) is 11.8 Å². The van der Waals surface area contributed by atoms with Gasteiger partial charge in [-0.1, -0.05) is 69.9 Å². The summed E-state index contributed by atoms with van der Waals surface area (Å²) in [6.45, 7) is 4.03. The number of aliphatic carboxylic acids is 1. The quantitative estimate of drug-likeness (QED) is 0.0985. The van der Waals surface area contributed by atoms with Crippen LogP contribution in [-0.4, -0.2) is 79.4 Å². The number of phenols is 1. The number of nitrogens with one attached hydrogen (secondary N) is 3. The van der Waals surface area contributed by atoms with Crippen LogP contribution in [0.25, 0.3) is 0 Å². The highest BCUT2D eigenvalue weighted by Gasteiger charge is 2.42. The fourth-order valence-corrected chi connectivity index (χ4v) is 8.92. The van der Waals surface area contributed by atoms with Crippen molar-refractivity contribution in [2.24, 2.45) is 0 Å². The Balaban J connectivity index is 1.68. The first-order valence-corrected chi connectivity index (χ1v) is 21.3. The van der Waals surface area contributed by atoms with Crippen LogP contribution in [-0.2, 0) is 24.4 Å². The van der Waals surface area contributed by atoms with E-state index in [-0.39, 0.29) is 22.1 Å². The summed E-state index contributed by atoms with van der Waals surface area (Å²) in [7, 11) is -4.07. The number of unbranched alkanes of at least 4 members (excludes halogenated alkanes) is 2. The molecule has 52 heavy (non-hydrogen) atoms. The molecule has 0 spiro atoms. The molecule has 15 heteroatoms. The minimum Gasteiger partial charge on any atom is -0.508 e. The van der Waals surface area contributed by atoms with E-state index < -0.39 is 52.0 Å². The van der Waals surface area contributed by atoms with Crippen molar-refractivity contribution in [2.75, 3.05) is 36.3 Å². The molecule has 1 aliphatic rings. The number of benzene rings is 3. The van der Waals surface area contributed by atoms with Gasteiger partial charge in [0.2, 0.25) is 15.9 Å². The first kappa shape index (κ1) is 40.8. The smallest absolute Gasteiger partial charge is 0.327 e. The third-order valence-corrected chi connectivity index (χ3v) is 11.9. The normalized spacial score (nSPS) is 15.8. The van der Waals surface area contributed by atoms with E-state index in [1.54, 1.807) is 12.3 Å². The second kappa shape index (κ2) is 18.7. The number of sulfonamides is 1. The van der Waals surface area contributed by atoms with E-state index in [1.165, 1.54) is 53.9 Å². The zero-order chi connectivity index (χ0) is 37.9. The lowest BCUT2D eigenvalue weighted by molar-refractivity contribution is -0.141. The monoisotopic (exact) mass is 772 g/mol. The topological polar surface area (TPSA) is 174 Å². The maximum Gasteiger partial charge on any atom is 0.327 e.